The van der Waals surface area contributed by atoms with Gasteiger partial charge in [-0.3, -0.25) is 14.4 Å². The van der Waals surface area contributed by atoms with Crippen LogP contribution in [0.4, 0.5) is 0 Å². The molecule has 1 N–H and O–H groups in total. The molecule has 6 heteroatoms. The van der Waals surface area contributed by atoms with E-state index in [0.717, 1.165) is 24.4 Å². The van der Waals surface area contributed by atoms with Crippen LogP contribution in [0.1, 0.15) is 31.2 Å². The van der Waals surface area contributed by atoms with Gasteiger partial charge in [0.25, 0.3) is 0 Å². The number of hydrogen-bond donors (Lipinski definition) is 1. The van der Waals surface area contributed by atoms with Crippen molar-refractivity contribution >= 4 is 17.6 Å². The molecule has 19 heavy (non-hydrogen) atoms. The van der Waals surface area contributed by atoms with E-state index >= 15 is 0 Å². The molecule has 2 unspecified atom stereocenters. The zero-order valence-corrected chi connectivity index (χ0v) is 12.3. The summed E-state index contributed by atoms with van der Waals surface area (Å²) in [7, 11) is 1.84. The van der Waals surface area contributed by atoms with Crippen LogP contribution in [0.3, 0.4) is 0 Å². The first-order valence-corrected chi connectivity index (χ1v) is 6.92. The fraction of sp³-hybridized carbons (Fsp3) is 0.692. The maximum atomic E-state index is 11.4. The number of carboxylic acid groups (broad SMARTS) is 1. The minimum atomic E-state index is -0.749. The standard InChI is InChI=1S/C13H20ClN3O2/c1-8-4-5-17(10(6-8)13(18)19)7-11-12(14)9(2)15-16(11)3/h8,10H,4-7H2,1-3H3,(H,18,19). The smallest absolute Gasteiger partial charge is 0.320 e. The quantitative estimate of drug-likeness (QED) is 0.924. The van der Waals surface area contributed by atoms with Crippen LogP contribution in [0.15, 0.2) is 0 Å². The molecule has 5 nitrogen and oxygen atoms in total. The van der Waals surface area contributed by atoms with Gasteiger partial charge >= 0.3 is 5.97 Å². The number of likely N-dealkylation sites (tertiary alicyclic amines) is 1. The first-order valence-electron chi connectivity index (χ1n) is 6.55. The van der Waals surface area contributed by atoms with E-state index in [2.05, 4.69) is 12.0 Å². The van der Waals surface area contributed by atoms with Crippen LogP contribution in [-0.2, 0) is 18.4 Å². The molecule has 106 valence electrons. The van der Waals surface area contributed by atoms with Crippen LogP contribution in [0.2, 0.25) is 5.02 Å². The lowest BCUT2D eigenvalue weighted by atomic mass is 9.92. The number of halogens is 1. The summed E-state index contributed by atoms with van der Waals surface area (Å²) in [5, 5.41) is 14.3. The van der Waals surface area contributed by atoms with E-state index in [9.17, 15) is 9.90 Å². The average Bonchev–Trinajstić information content (AvgIpc) is 2.57. The first-order chi connectivity index (χ1) is 8.90. The summed E-state index contributed by atoms with van der Waals surface area (Å²) in [6.07, 6.45) is 1.72. The van der Waals surface area contributed by atoms with Crippen LogP contribution in [0, 0.1) is 12.8 Å². The lowest BCUT2D eigenvalue weighted by molar-refractivity contribution is -0.145. The molecule has 2 atom stereocenters. The lowest BCUT2D eigenvalue weighted by Gasteiger charge is -2.35. The highest BCUT2D eigenvalue weighted by Gasteiger charge is 2.32. The number of piperidine rings is 1. The number of carboxylic acids is 1. The second-order valence-electron chi connectivity index (χ2n) is 5.42. The molecular formula is C13H20ClN3O2. The van der Waals surface area contributed by atoms with Gasteiger partial charge in [-0.1, -0.05) is 18.5 Å². The van der Waals surface area contributed by atoms with Crippen molar-refractivity contribution in [1.82, 2.24) is 14.7 Å². The maximum absolute atomic E-state index is 11.4. The van der Waals surface area contributed by atoms with Crippen molar-refractivity contribution in [2.45, 2.75) is 39.3 Å². The second kappa shape index (κ2) is 5.51. The van der Waals surface area contributed by atoms with Crippen LogP contribution in [0.5, 0.6) is 0 Å². The Morgan fingerprint density at radius 2 is 2.26 bits per heavy atom. The zero-order chi connectivity index (χ0) is 14.2. The Morgan fingerprint density at radius 1 is 1.58 bits per heavy atom. The summed E-state index contributed by atoms with van der Waals surface area (Å²) in [5.74, 6) is -0.289. The SMILES string of the molecule is Cc1nn(C)c(CN2CCC(C)CC2C(=O)O)c1Cl. The van der Waals surface area contributed by atoms with Gasteiger partial charge in [-0.25, -0.2) is 0 Å². The molecule has 0 aromatic carbocycles. The fourth-order valence-corrected chi connectivity index (χ4v) is 2.90. The summed E-state index contributed by atoms with van der Waals surface area (Å²) < 4.78 is 1.74. The average molecular weight is 286 g/mol. The van der Waals surface area contributed by atoms with Crippen molar-refractivity contribution < 1.29 is 9.90 Å². The van der Waals surface area contributed by atoms with Crippen molar-refractivity contribution in [3.8, 4) is 0 Å². The van der Waals surface area contributed by atoms with E-state index in [1.54, 1.807) is 4.68 Å². The van der Waals surface area contributed by atoms with Gasteiger partial charge in [-0.15, -0.1) is 0 Å². The Balaban J connectivity index is 2.19. The van der Waals surface area contributed by atoms with Crippen molar-refractivity contribution in [2.24, 2.45) is 13.0 Å². The van der Waals surface area contributed by atoms with Gasteiger partial charge in [-0.05, 0) is 32.2 Å². The normalized spacial score (nSPS) is 24.6. The molecule has 0 spiro atoms. The Labute approximate surface area is 118 Å². The molecule has 1 aromatic heterocycles. The Morgan fingerprint density at radius 3 is 2.79 bits per heavy atom. The van der Waals surface area contributed by atoms with Gasteiger partial charge in [-0.2, -0.15) is 5.10 Å². The Kier molecular flexibility index (Phi) is 4.16. The summed E-state index contributed by atoms with van der Waals surface area (Å²) >= 11 is 6.23. The molecule has 0 aliphatic carbocycles. The van der Waals surface area contributed by atoms with Crippen molar-refractivity contribution in [3.05, 3.63) is 16.4 Å². The number of carbonyl (C=O) groups is 1. The van der Waals surface area contributed by atoms with E-state index < -0.39 is 12.0 Å². The van der Waals surface area contributed by atoms with E-state index in [0.29, 0.717) is 23.9 Å². The number of aliphatic carboxylic acids is 1. The van der Waals surface area contributed by atoms with Gasteiger partial charge < -0.3 is 5.11 Å². The predicted molar refractivity (Wildman–Crippen MR) is 73.2 cm³/mol. The third kappa shape index (κ3) is 2.92. The third-order valence-electron chi connectivity index (χ3n) is 3.88. The minimum absolute atomic E-state index is 0.421. The van der Waals surface area contributed by atoms with Crippen LogP contribution in [-0.4, -0.2) is 38.3 Å². The molecule has 1 fully saturated rings. The number of nitrogens with zero attached hydrogens (tertiary/aromatic N) is 3. The highest BCUT2D eigenvalue weighted by atomic mass is 35.5. The van der Waals surface area contributed by atoms with Crippen molar-refractivity contribution in [1.29, 1.82) is 0 Å². The zero-order valence-electron chi connectivity index (χ0n) is 11.6. The fourth-order valence-electron chi connectivity index (χ4n) is 2.68. The molecule has 0 saturated carbocycles. The Hall–Kier alpha value is -1.07. The molecule has 1 aliphatic heterocycles. The lowest BCUT2D eigenvalue weighted by Crippen LogP contribution is -2.46. The maximum Gasteiger partial charge on any atom is 0.320 e. The topological polar surface area (TPSA) is 58.4 Å². The van der Waals surface area contributed by atoms with Crippen LogP contribution < -0.4 is 0 Å². The van der Waals surface area contributed by atoms with Crippen molar-refractivity contribution in [3.63, 3.8) is 0 Å². The van der Waals surface area contributed by atoms with E-state index in [4.69, 9.17) is 11.6 Å². The molecule has 2 heterocycles. The van der Waals surface area contributed by atoms with Gasteiger partial charge in [0.1, 0.15) is 6.04 Å². The molecule has 0 bridgehead atoms. The largest absolute Gasteiger partial charge is 0.480 e. The summed E-state index contributed by atoms with van der Waals surface area (Å²) in [6.45, 7) is 5.30. The van der Waals surface area contributed by atoms with Crippen LogP contribution >= 0.6 is 11.6 Å². The van der Waals surface area contributed by atoms with Crippen LogP contribution in [0.25, 0.3) is 0 Å². The summed E-state index contributed by atoms with van der Waals surface area (Å²) in [6, 6.07) is -0.421. The Bertz CT molecular complexity index is 486. The van der Waals surface area contributed by atoms with Crippen molar-refractivity contribution in [2.75, 3.05) is 6.54 Å². The number of hydrogen-bond acceptors (Lipinski definition) is 3. The second-order valence-corrected chi connectivity index (χ2v) is 5.80. The molecular weight excluding hydrogens is 266 g/mol. The molecule has 1 aromatic rings. The highest BCUT2D eigenvalue weighted by Crippen LogP contribution is 2.27. The van der Waals surface area contributed by atoms with Gasteiger partial charge in [0, 0.05) is 13.6 Å². The van der Waals surface area contributed by atoms with E-state index in [-0.39, 0.29) is 0 Å². The summed E-state index contributed by atoms with van der Waals surface area (Å²) in [5.41, 5.74) is 1.68. The first kappa shape index (κ1) is 14.3. The minimum Gasteiger partial charge on any atom is -0.480 e. The molecule has 2 rings (SSSR count). The molecule has 1 aliphatic rings. The molecule has 0 amide bonds. The molecule has 0 radical (unpaired) electrons. The monoisotopic (exact) mass is 285 g/mol. The molecule has 1 saturated heterocycles. The van der Waals surface area contributed by atoms with Gasteiger partial charge in [0.2, 0.25) is 0 Å². The highest BCUT2D eigenvalue weighted by molar-refractivity contribution is 6.31. The van der Waals surface area contributed by atoms with E-state index in [1.165, 1.54) is 0 Å². The van der Waals surface area contributed by atoms with Gasteiger partial charge in [0.05, 0.1) is 16.4 Å². The number of aromatic nitrogens is 2. The predicted octanol–water partition coefficient (Wildman–Crippen LogP) is 2.07. The van der Waals surface area contributed by atoms with Gasteiger partial charge in [0.15, 0.2) is 0 Å². The summed E-state index contributed by atoms with van der Waals surface area (Å²) in [4.78, 5) is 13.4. The number of rotatable bonds is 3. The number of aryl methyl sites for hydroxylation is 2. The van der Waals surface area contributed by atoms with E-state index in [1.807, 2.05) is 18.9 Å². The third-order valence-corrected chi connectivity index (χ3v) is 4.37.